The molecule has 1 fully saturated rings. The van der Waals surface area contributed by atoms with E-state index in [2.05, 4.69) is 45.0 Å². The second-order valence-electron chi connectivity index (χ2n) is 13.1. The van der Waals surface area contributed by atoms with E-state index in [0.29, 0.717) is 11.8 Å². The number of halogens is 3. The van der Waals surface area contributed by atoms with Crippen molar-refractivity contribution in [3.63, 3.8) is 0 Å². The molecule has 0 unspecified atom stereocenters. The van der Waals surface area contributed by atoms with Crippen molar-refractivity contribution in [1.29, 1.82) is 0 Å². The number of hydrogen-bond donors (Lipinski definition) is 2. The fourth-order valence-corrected chi connectivity index (χ4v) is 6.13. The Morgan fingerprint density at radius 1 is 0.875 bits per heavy atom. The van der Waals surface area contributed by atoms with E-state index in [1.54, 1.807) is 0 Å². The molecule has 6 heteroatoms. The van der Waals surface area contributed by atoms with E-state index in [4.69, 9.17) is 10.5 Å². The number of aliphatic hydroxyl groups excluding tert-OH is 1. The summed E-state index contributed by atoms with van der Waals surface area (Å²) in [5.74, 6) is 1.72. The lowest BCUT2D eigenvalue weighted by Gasteiger charge is -2.39. The number of aliphatic hydroxyl groups is 1. The van der Waals surface area contributed by atoms with Crippen LogP contribution in [0.3, 0.4) is 0 Å². The second-order valence-corrected chi connectivity index (χ2v) is 13.1. The molecule has 1 atom stereocenters. The number of nitrogens with two attached hydrogens (primary N) is 1. The molecule has 0 bridgehead atoms. The molecule has 0 amide bonds. The number of alkyl halides is 3. The number of unbranched alkanes of at least 4 members (excludes halogenated alkanes) is 6. The standard InChI is InChI=1S/C34H52F3NO2/c1-5-32(2,3)26-15-18-28(19-16-26)40-31-21-14-25-23-27(33(4,38)24-39)17-20-29(25)30(31)13-11-9-7-6-8-10-12-22-34(35,36)37/h14,17,20-21,23,26,28,39H,5-13,15-16,18-19,22,24,38H2,1-4H3/t26?,28?,33-/m0/s1. The predicted molar refractivity (Wildman–Crippen MR) is 160 cm³/mol. The zero-order valence-corrected chi connectivity index (χ0v) is 25.2. The fraction of sp³-hybridized carbons (Fsp3) is 0.706. The first kappa shape index (κ1) is 32.7. The van der Waals surface area contributed by atoms with E-state index >= 15 is 0 Å². The van der Waals surface area contributed by atoms with Crippen molar-refractivity contribution in [1.82, 2.24) is 0 Å². The van der Waals surface area contributed by atoms with Crippen LogP contribution in [-0.2, 0) is 12.0 Å². The number of fused-ring (bicyclic) bond motifs is 1. The molecular formula is C34H52F3NO2. The van der Waals surface area contributed by atoms with Gasteiger partial charge in [0.1, 0.15) is 5.75 Å². The second kappa shape index (κ2) is 14.4. The van der Waals surface area contributed by atoms with Crippen LogP contribution in [0.5, 0.6) is 5.75 Å². The molecule has 0 radical (unpaired) electrons. The monoisotopic (exact) mass is 563 g/mol. The van der Waals surface area contributed by atoms with Gasteiger partial charge in [-0.15, -0.1) is 0 Å². The molecule has 40 heavy (non-hydrogen) atoms. The minimum absolute atomic E-state index is 0.125. The van der Waals surface area contributed by atoms with Gasteiger partial charge in [0, 0.05) is 12.0 Å². The first-order valence-corrected chi connectivity index (χ1v) is 15.6. The van der Waals surface area contributed by atoms with Crippen LogP contribution in [-0.4, -0.2) is 24.0 Å². The normalized spacial score (nSPS) is 20.0. The molecule has 1 aliphatic rings. The summed E-state index contributed by atoms with van der Waals surface area (Å²) in [5.41, 5.74) is 8.04. The molecule has 0 spiro atoms. The summed E-state index contributed by atoms with van der Waals surface area (Å²) in [4.78, 5) is 0. The Balaban J connectivity index is 1.66. The topological polar surface area (TPSA) is 55.5 Å². The zero-order chi connectivity index (χ0) is 29.4. The SMILES string of the molecule is CCC(C)(C)C1CCC(Oc2ccc3cc([C@@](C)(N)CO)ccc3c2CCCCCCCCCC(F)(F)F)CC1. The van der Waals surface area contributed by atoms with Gasteiger partial charge in [-0.05, 0) is 91.7 Å². The smallest absolute Gasteiger partial charge is 0.389 e. The first-order valence-electron chi connectivity index (χ1n) is 15.6. The highest BCUT2D eigenvalue weighted by Gasteiger charge is 2.33. The number of hydrogen-bond acceptors (Lipinski definition) is 3. The van der Waals surface area contributed by atoms with E-state index in [1.165, 1.54) is 30.2 Å². The van der Waals surface area contributed by atoms with Crippen molar-refractivity contribution in [3.05, 3.63) is 41.5 Å². The number of benzene rings is 2. The van der Waals surface area contributed by atoms with E-state index < -0.39 is 18.1 Å². The Morgan fingerprint density at radius 3 is 2.10 bits per heavy atom. The summed E-state index contributed by atoms with van der Waals surface area (Å²) < 4.78 is 43.7. The molecule has 0 aliphatic heterocycles. The Labute approximate surface area is 240 Å². The van der Waals surface area contributed by atoms with Gasteiger partial charge in [-0.1, -0.05) is 77.5 Å². The molecule has 0 aromatic heterocycles. The minimum Gasteiger partial charge on any atom is -0.490 e. The van der Waals surface area contributed by atoms with Crippen LogP contribution in [0.4, 0.5) is 13.2 Å². The van der Waals surface area contributed by atoms with E-state index in [1.807, 2.05) is 13.0 Å². The van der Waals surface area contributed by atoms with Gasteiger partial charge in [0.15, 0.2) is 0 Å². The van der Waals surface area contributed by atoms with Gasteiger partial charge in [0.2, 0.25) is 0 Å². The first-order chi connectivity index (χ1) is 18.9. The molecule has 0 heterocycles. The van der Waals surface area contributed by atoms with Gasteiger partial charge in [-0.3, -0.25) is 0 Å². The highest BCUT2D eigenvalue weighted by Crippen LogP contribution is 2.42. The largest absolute Gasteiger partial charge is 0.490 e. The molecular weight excluding hydrogens is 511 g/mol. The van der Waals surface area contributed by atoms with Crippen LogP contribution in [0.15, 0.2) is 30.3 Å². The molecule has 1 saturated carbocycles. The predicted octanol–water partition coefficient (Wildman–Crippen LogP) is 9.61. The third-order valence-electron chi connectivity index (χ3n) is 9.45. The lowest BCUT2D eigenvalue weighted by Crippen LogP contribution is -2.36. The summed E-state index contributed by atoms with van der Waals surface area (Å²) in [5, 5.41) is 12.0. The van der Waals surface area contributed by atoms with E-state index in [9.17, 15) is 18.3 Å². The van der Waals surface area contributed by atoms with Crippen LogP contribution in [0.25, 0.3) is 10.8 Å². The molecule has 2 aromatic rings. The zero-order valence-electron chi connectivity index (χ0n) is 25.2. The third-order valence-corrected chi connectivity index (χ3v) is 9.45. The lowest BCUT2D eigenvalue weighted by molar-refractivity contribution is -0.135. The average molecular weight is 564 g/mol. The summed E-state index contributed by atoms with van der Waals surface area (Å²) in [6.45, 7) is 8.78. The maximum absolute atomic E-state index is 12.3. The van der Waals surface area contributed by atoms with Crippen LogP contribution in [0.1, 0.15) is 122 Å². The van der Waals surface area contributed by atoms with Crippen LogP contribution < -0.4 is 10.5 Å². The van der Waals surface area contributed by atoms with Crippen molar-refractivity contribution < 1.29 is 23.0 Å². The minimum atomic E-state index is -4.04. The maximum Gasteiger partial charge on any atom is 0.389 e. The van der Waals surface area contributed by atoms with Crippen molar-refractivity contribution in [3.8, 4) is 5.75 Å². The van der Waals surface area contributed by atoms with Gasteiger partial charge in [0.25, 0.3) is 0 Å². The Morgan fingerprint density at radius 2 is 1.50 bits per heavy atom. The van der Waals surface area contributed by atoms with Gasteiger partial charge in [-0.2, -0.15) is 13.2 Å². The molecule has 3 nitrogen and oxygen atoms in total. The summed E-state index contributed by atoms with van der Waals surface area (Å²) in [6.07, 6.45) is 8.04. The molecule has 1 aliphatic carbocycles. The van der Waals surface area contributed by atoms with Crippen LogP contribution in [0, 0.1) is 11.3 Å². The Bertz CT molecular complexity index is 1060. The van der Waals surface area contributed by atoms with Crippen molar-refractivity contribution in [2.45, 2.75) is 135 Å². The van der Waals surface area contributed by atoms with Crippen LogP contribution >= 0.6 is 0 Å². The molecule has 3 rings (SSSR count). The Kier molecular flexibility index (Phi) is 11.8. The molecule has 2 aromatic carbocycles. The summed E-state index contributed by atoms with van der Waals surface area (Å²) in [7, 11) is 0. The molecule has 226 valence electrons. The quantitative estimate of drug-likeness (QED) is 0.212. The molecule has 3 N–H and O–H groups in total. The molecule has 0 saturated heterocycles. The van der Waals surface area contributed by atoms with Gasteiger partial charge in [-0.25, -0.2) is 0 Å². The van der Waals surface area contributed by atoms with E-state index in [-0.39, 0.29) is 19.1 Å². The van der Waals surface area contributed by atoms with Crippen molar-refractivity contribution in [2.75, 3.05) is 6.61 Å². The van der Waals surface area contributed by atoms with Crippen molar-refractivity contribution in [2.24, 2.45) is 17.1 Å². The summed E-state index contributed by atoms with van der Waals surface area (Å²) in [6, 6.07) is 10.4. The van der Waals surface area contributed by atoms with Crippen molar-refractivity contribution >= 4 is 10.8 Å². The van der Waals surface area contributed by atoms with E-state index in [0.717, 1.165) is 74.0 Å². The highest BCUT2D eigenvalue weighted by molar-refractivity contribution is 5.88. The Hall–Kier alpha value is -1.79. The van der Waals surface area contributed by atoms with Gasteiger partial charge < -0.3 is 15.6 Å². The number of ether oxygens (including phenoxy) is 1. The number of rotatable bonds is 15. The fourth-order valence-electron chi connectivity index (χ4n) is 6.13. The number of aryl methyl sites for hydroxylation is 1. The van der Waals surface area contributed by atoms with Gasteiger partial charge >= 0.3 is 6.18 Å². The van der Waals surface area contributed by atoms with Gasteiger partial charge in [0.05, 0.1) is 18.2 Å². The highest BCUT2D eigenvalue weighted by atomic mass is 19.4. The lowest BCUT2D eigenvalue weighted by atomic mass is 9.69. The third kappa shape index (κ3) is 9.37. The maximum atomic E-state index is 12.3. The van der Waals surface area contributed by atoms with Crippen LogP contribution in [0.2, 0.25) is 0 Å². The summed E-state index contributed by atoms with van der Waals surface area (Å²) >= 11 is 0. The average Bonchev–Trinajstić information content (AvgIpc) is 2.92.